The van der Waals surface area contributed by atoms with Crippen LogP contribution in [-0.4, -0.2) is 25.7 Å². The van der Waals surface area contributed by atoms with Crippen LogP contribution < -0.4 is 0 Å². The van der Waals surface area contributed by atoms with Crippen molar-refractivity contribution in [1.82, 2.24) is 0 Å². The van der Waals surface area contributed by atoms with Gasteiger partial charge in [-0.2, -0.15) is 11.8 Å². The van der Waals surface area contributed by atoms with Crippen molar-refractivity contribution < 1.29 is 8.42 Å². The number of thiophene rings is 1. The summed E-state index contributed by atoms with van der Waals surface area (Å²) >= 11 is 6.82. The van der Waals surface area contributed by atoms with Crippen molar-refractivity contribution in [1.29, 1.82) is 0 Å². The highest BCUT2D eigenvalue weighted by atomic mass is 79.9. The van der Waals surface area contributed by atoms with Gasteiger partial charge in [0, 0.05) is 26.6 Å². The van der Waals surface area contributed by atoms with Crippen LogP contribution in [0.5, 0.6) is 0 Å². The lowest BCUT2D eigenvalue weighted by Crippen LogP contribution is -2.10. The molecule has 0 bridgehead atoms. The summed E-state index contributed by atoms with van der Waals surface area (Å²) in [6.07, 6.45) is 0. The largest absolute Gasteiger partial charge is 0.229 e. The average Bonchev–Trinajstić information content (AvgIpc) is 2.59. The number of halogens is 1. The summed E-state index contributed by atoms with van der Waals surface area (Å²) in [5.41, 5.74) is 0. The van der Waals surface area contributed by atoms with Crippen LogP contribution in [0.4, 0.5) is 0 Å². The van der Waals surface area contributed by atoms with Crippen LogP contribution in [-0.2, 0) is 15.6 Å². The Morgan fingerprint density at radius 3 is 2.80 bits per heavy atom. The van der Waals surface area contributed by atoms with E-state index in [-0.39, 0.29) is 11.5 Å². The van der Waals surface area contributed by atoms with E-state index in [4.69, 9.17) is 0 Å². The Kier molecular flexibility index (Phi) is 5.66. The molecule has 0 saturated carbocycles. The van der Waals surface area contributed by atoms with Crippen LogP contribution in [0.2, 0.25) is 0 Å². The highest BCUT2D eigenvalue weighted by Gasteiger charge is 2.07. The molecule has 0 atom stereocenters. The van der Waals surface area contributed by atoms with Gasteiger partial charge in [-0.3, -0.25) is 0 Å². The standard InChI is InChI=1S/C9H13BrO2S3/c1-2-15(11,12)6-5-13-7-9-8(10)3-4-14-9/h3-4H,2,5-7H2,1H3. The van der Waals surface area contributed by atoms with Gasteiger partial charge in [0.05, 0.1) is 5.75 Å². The maximum atomic E-state index is 11.2. The van der Waals surface area contributed by atoms with Crippen molar-refractivity contribution in [2.24, 2.45) is 0 Å². The minimum atomic E-state index is -2.80. The molecule has 1 aromatic rings. The fourth-order valence-corrected chi connectivity index (χ4v) is 5.17. The van der Waals surface area contributed by atoms with Crippen molar-refractivity contribution in [3.8, 4) is 0 Å². The molecule has 2 nitrogen and oxygen atoms in total. The lowest BCUT2D eigenvalue weighted by atomic mass is 10.5. The summed E-state index contributed by atoms with van der Waals surface area (Å²) in [6.45, 7) is 1.69. The molecule has 0 aliphatic carbocycles. The first-order valence-electron chi connectivity index (χ1n) is 4.55. The molecule has 1 rings (SSSR count). The SMILES string of the molecule is CCS(=O)(=O)CCSCc1sccc1Br. The molecular formula is C9H13BrO2S3. The lowest BCUT2D eigenvalue weighted by Gasteiger charge is -2.01. The topological polar surface area (TPSA) is 34.1 Å². The first-order valence-corrected chi connectivity index (χ1v) is 9.20. The van der Waals surface area contributed by atoms with Crippen LogP contribution in [0.15, 0.2) is 15.9 Å². The van der Waals surface area contributed by atoms with Gasteiger partial charge >= 0.3 is 0 Å². The minimum absolute atomic E-state index is 0.246. The molecule has 0 aliphatic rings. The third-order valence-corrected chi connectivity index (χ3v) is 6.96. The van der Waals surface area contributed by atoms with Crippen LogP contribution in [0, 0.1) is 0 Å². The summed E-state index contributed by atoms with van der Waals surface area (Å²) < 4.78 is 23.5. The van der Waals surface area contributed by atoms with Gasteiger partial charge in [0.15, 0.2) is 9.84 Å². The van der Waals surface area contributed by atoms with Gasteiger partial charge in [0.2, 0.25) is 0 Å². The fourth-order valence-electron chi connectivity index (χ4n) is 0.923. The van der Waals surface area contributed by atoms with Crippen LogP contribution in [0.25, 0.3) is 0 Å². The molecular weight excluding hydrogens is 316 g/mol. The van der Waals surface area contributed by atoms with E-state index in [9.17, 15) is 8.42 Å². The molecule has 0 spiro atoms. The molecule has 0 N–H and O–H groups in total. The number of rotatable bonds is 6. The summed E-state index contributed by atoms with van der Waals surface area (Å²) in [5.74, 6) is 2.10. The molecule has 1 aromatic heterocycles. The lowest BCUT2D eigenvalue weighted by molar-refractivity contribution is 0.599. The molecule has 0 amide bonds. The Hall–Kier alpha value is 0.480. The summed E-state index contributed by atoms with van der Waals surface area (Å²) in [6, 6.07) is 2.02. The van der Waals surface area contributed by atoms with Gasteiger partial charge in [-0.05, 0) is 27.4 Å². The zero-order chi connectivity index (χ0) is 11.3. The van der Waals surface area contributed by atoms with E-state index < -0.39 is 9.84 Å². The van der Waals surface area contributed by atoms with E-state index in [1.807, 2.05) is 11.4 Å². The van der Waals surface area contributed by atoms with E-state index in [1.54, 1.807) is 30.0 Å². The third-order valence-electron chi connectivity index (χ3n) is 1.90. The highest BCUT2D eigenvalue weighted by molar-refractivity contribution is 9.10. The predicted molar refractivity (Wildman–Crippen MR) is 72.5 cm³/mol. The quantitative estimate of drug-likeness (QED) is 0.752. The molecule has 0 aromatic carbocycles. The first kappa shape index (κ1) is 13.5. The Balaban J connectivity index is 2.26. The van der Waals surface area contributed by atoms with Gasteiger partial charge in [0.25, 0.3) is 0 Å². The molecule has 0 radical (unpaired) electrons. The van der Waals surface area contributed by atoms with Gasteiger partial charge in [-0.1, -0.05) is 6.92 Å². The molecule has 0 fully saturated rings. The second-order valence-electron chi connectivity index (χ2n) is 2.98. The van der Waals surface area contributed by atoms with Crippen LogP contribution in [0.1, 0.15) is 11.8 Å². The van der Waals surface area contributed by atoms with E-state index in [1.165, 1.54) is 4.88 Å². The van der Waals surface area contributed by atoms with E-state index >= 15 is 0 Å². The zero-order valence-electron chi connectivity index (χ0n) is 8.40. The monoisotopic (exact) mass is 328 g/mol. The first-order chi connectivity index (χ1) is 7.05. The summed E-state index contributed by atoms with van der Waals surface area (Å²) in [7, 11) is -2.80. The molecule has 1 heterocycles. The van der Waals surface area contributed by atoms with Crippen molar-refractivity contribution in [2.75, 3.05) is 17.3 Å². The van der Waals surface area contributed by atoms with E-state index in [2.05, 4.69) is 15.9 Å². The van der Waals surface area contributed by atoms with Crippen molar-refractivity contribution in [3.63, 3.8) is 0 Å². The van der Waals surface area contributed by atoms with Gasteiger partial charge in [0.1, 0.15) is 0 Å². The normalized spacial score (nSPS) is 11.9. The van der Waals surface area contributed by atoms with Crippen LogP contribution in [0.3, 0.4) is 0 Å². The van der Waals surface area contributed by atoms with Gasteiger partial charge in [-0.15, -0.1) is 11.3 Å². The Morgan fingerprint density at radius 2 is 2.27 bits per heavy atom. The second-order valence-corrected chi connectivity index (χ2v) is 8.41. The summed E-state index contributed by atoms with van der Waals surface area (Å²) in [4.78, 5) is 1.27. The molecule has 6 heteroatoms. The number of sulfone groups is 1. The van der Waals surface area contributed by atoms with E-state index in [0.29, 0.717) is 5.75 Å². The van der Waals surface area contributed by atoms with E-state index in [0.717, 1.165) is 10.2 Å². The van der Waals surface area contributed by atoms with Crippen molar-refractivity contribution in [3.05, 3.63) is 20.8 Å². The number of hydrogen-bond donors (Lipinski definition) is 0. The zero-order valence-corrected chi connectivity index (χ0v) is 12.4. The minimum Gasteiger partial charge on any atom is -0.229 e. The predicted octanol–water partition coefficient (Wildman–Crippen LogP) is 3.18. The maximum absolute atomic E-state index is 11.2. The molecule has 15 heavy (non-hydrogen) atoms. The number of hydrogen-bond acceptors (Lipinski definition) is 4. The summed E-state index contributed by atoms with van der Waals surface area (Å²) in [5, 5.41) is 2.03. The molecule has 0 unspecified atom stereocenters. The maximum Gasteiger partial charge on any atom is 0.150 e. The smallest absolute Gasteiger partial charge is 0.150 e. The van der Waals surface area contributed by atoms with Gasteiger partial charge in [-0.25, -0.2) is 8.42 Å². The number of thioether (sulfide) groups is 1. The van der Waals surface area contributed by atoms with Crippen molar-refractivity contribution in [2.45, 2.75) is 12.7 Å². The Morgan fingerprint density at radius 1 is 1.53 bits per heavy atom. The molecule has 86 valence electrons. The van der Waals surface area contributed by atoms with Crippen molar-refractivity contribution >= 4 is 48.9 Å². The highest BCUT2D eigenvalue weighted by Crippen LogP contribution is 2.26. The Bertz CT molecular complexity index is 397. The second kappa shape index (κ2) is 6.27. The Labute approximate surface area is 108 Å². The molecule has 0 saturated heterocycles. The fraction of sp³-hybridized carbons (Fsp3) is 0.556. The average molecular weight is 329 g/mol. The van der Waals surface area contributed by atoms with Crippen LogP contribution >= 0.6 is 39.0 Å². The van der Waals surface area contributed by atoms with Gasteiger partial charge < -0.3 is 0 Å². The third kappa shape index (κ3) is 4.89. The molecule has 0 aliphatic heterocycles.